The Bertz CT molecular complexity index is 1220. The number of hydrogen-bond acceptors (Lipinski definition) is 5. The number of benzene rings is 2. The molecule has 0 aliphatic carbocycles. The van der Waals surface area contributed by atoms with Gasteiger partial charge in [-0.25, -0.2) is 9.97 Å². The van der Waals surface area contributed by atoms with Crippen LogP contribution in [-0.4, -0.2) is 21.1 Å². The fourth-order valence-corrected chi connectivity index (χ4v) is 3.80. The van der Waals surface area contributed by atoms with Gasteiger partial charge in [0, 0.05) is 5.69 Å². The average Bonchev–Trinajstić information content (AvgIpc) is 3.07. The van der Waals surface area contributed by atoms with E-state index in [2.05, 4.69) is 18.0 Å². The molecule has 0 unspecified atom stereocenters. The third-order valence-corrected chi connectivity index (χ3v) is 5.47. The maximum absolute atomic E-state index is 9.65. The molecule has 4 rings (SSSR count). The van der Waals surface area contributed by atoms with Crippen LogP contribution in [0.4, 0.5) is 5.82 Å². The lowest BCUT2D eigenvalue weighted by atomic mass is 10.1. The predicted octanol–water partition coefficient (Wildman–Crippen LogP) is 5.77. The van der Waals surface area contributed by atoms with Gasteiger partial charge in [0.15, 0.2) is 5.65 Å². The number of rotatable bonds is 9. The number of nitrogens with two attached hydrogens (primary N) is 1. The molecule has 6 heteroatoms. The van der Waals surface area contributed by atoms with Crippen molar-refractivity contribution in [2.45, 2.75) is 45.4 Å². The fourth-order valence-electron chi connectivity index (χ4n) is 3.80. The van der Waals surface area contributed by atoms with E-state index in [-0.39, 0.29) is 0 Å². The number of unbranched alkanes of at least 4 members (excludes halogenated alkanes) is 5. The van der Waals surface area contributed by atoms with E-state index >= 15 is 0 Å². The molecule has 2 aromatic carbocycles. The smallest absolute Gasteiger partial charge is 0.167 e. The number of para-hydroxylation sites is 2. The lowest BCUT2D eigenvalue weighted by Crippen LogP contribution is -2.02. The van der Waals surface area contributed by atoms with E-state index in [0.717, 1.165) is 35.5 Å². The Kier molecular flexibility index (Phi) is 6.32. The zero-order valence-corrected chi connectivity index (χ0v) is 17.8. The maximum atomic E-state index is 9.65. The van der Waals surface area contributed by atoms with Crippen molar-refractivity contribution in [2.75, 3.05) is 12.3 Å². The van der Waals surface area contributed by atoms with E-state index in [1.54, 1.807) is 4.57 Å². The molecule has 2 aromatic heterocycles. The Labute approximate surface area is 182 Å². The molecule has 0 radical (unpaired) electrons. The molecule has 0 aliphatic rings. The highest BCUT2D eigenvalue weighted by Gasteiger charge is 2.19. The van der Waals surface area contributed by atoms with Crippen LogP contribution < -0.4 is 10.5 Å². The Morgan fingerprint density at radius 1 is 0.935 bits per heavy atom. The van der Waals surface area contributed by atoms with Crippen molar-refractivity contribution in [1.82, 2.24) is 14.5 Å². The van der Waals surface area contributed by atoms with Crippen LogP contribution in [0, 0.1) is 11.3 Å². The number of nitriles is 1. The molecule has 0 bridgehead atoms. The fraction of sp³-hybridized carbons (Fsp3) is 0.320. The Balaban J connectivity index is 1.55. The van der Waals surface area contributed by atoms with Gasteiger partial charge in [0.1, 0.15) is 28.7 Å². The van der Waals surface area contributed by atoms with Gasteiger partial charge in [-0.05, 0) is 42.8 Å². The zero-order chi connectivity index (χ0) is 21.6. The number of hydrogen-bond donors (Lipinski definition) is 1. The zero-order valence-electron chi connectivity index (χ0n) is 17.8. The van der Waals surface area contributed by atoms with Crippen LogP contribution >= 0.6 is 0 Å². The van der Waals surface area contributed by atoms with Gasteiger partial charge in [0.25, 0.3) is 0 Å². The summed E-state index contributed by atoms with van der Waals surface area (Å²) in [5.74, 6) is 1.16. The lowest BCUT2D eigenvalue weighted by molar-refractivity contribution is 0.304. The molecule has 6 nitrogen and oxygen atoms in total. The first-order chi connectivity index (χ1) is 15.2. The molecule has 0 atom stereocenters. The van der Waals surface area contributed by atoms with Crippen molar-refractivity contribution in [3.63, 3.8) is 0 Å². The van der Waals surface area contributed by atoms with Gasteiger partial charge in [0.2, 0.25) is 0 Å². The van der Waals surface area contributed by atoms with Crippen LogP contribution in [0.25, 0.3) is 27.9 Å². The van der Waals surface area contributed by atoms with Crippen molar-refractivity contribution < 1.29 is 4.74 Å². The van der Waals surface area contributed by atoms with Gasteiger partial charge in [-0.3, -0.25) is 4.57 Å². The quantitative estimate of drug-likeness (QED) is 0.352. The number of nitrogen functional groups attached to an aromatic ring is 1. The summed E-state index contributed by atoms with van der Waals surface area (Å²) in [4.78, 5) is 9.37. The molecule has 2 N–H and O–H groups in total. The first-order valence-electron chi connectivity index (χ1n) is 10.9. The molecule has 0 saturated carbocycles. The third-order valence-electron chi connectivity index (χ3n) is 5.47. The summed E-state index contributed by atoms with van der Waals surface area (Å²) < 4.78 is 7.67. The second kappa shape index (κ2) is 9.48. The van der Waals surface area contributed by atoms with Gasteiger partial charge < -0.3 is 10.5 Å². The van der Waals surface area contributed by atoms with Gasteiger partial charge in [0.05, 0.1) is 17.6 Å². The average molecular weight is 414 g/mol. The summed E-state index contributed by atoms with van der Waals surface area (Å²) in [7, 11) is 0. The Morgan fingerprint density at radius 3 is 2.32 bits per heavy atom. The topological polar surface area (TPSA) is 89.8 Å². The number of anilines is 1. The van der Waals surface area contributed by atoms with Crippen molar-refractivity contribution in [2.24, 2.45) is 0 Å². The van der Waals surface area contributed by atoms with Crippen molar-refractivity contribution in [3.05, 3.63) is 54.1 Å². The minimum absolute atomic E-state index is 0.341. The summed E-state index contributed by atoms with van der Waals surface area (Å²) in [6, 6.07) is 17.5. The van der Waals surface area contributed by atoms with E-state index in [0.29, 0.717) is 22.5 Å². The van der Waals surface area contributed by atoms with Gasteiger partial charge >= 0.3 is 0 Å². The SMILES string of the molecule is CCCCCCCCOc1ccc(-n2c(N)c(C#N)c3nc4ccccc4nc32)cc1. The summed E-state index contributed by atoms with van der Waals surface area (Å²) in [5, 5.41) is 9.65. The molecule has 2 heterocycles. The Morgan fingerprint density at radius 2 is 1.61 bits per heavy atom. The standard InChI is InChI=1S/C25H27N5O/c1-2-3-4-5-6-9-16-31-19-14-12-18(13-15-19)30-24(27)20(17-26)23-25(30)29-22-11-8-7-10-21(22)28-23/h7-8,10-15H,2-6,9,16,27H2,1H3. The van der Waals surface area contributed by atoms with Crippen molar-refractivity contribution in [3.8, 4) is 17.5 Å². The van der Waals surface area contributed by atoms with Crippen LogP contribution in [-0.2, 0) is 0 Å². The van der Waals surface area contributed by atoms with E-state index in [4.69, 9.17) is 15.5 Å². The second-order valence-corrected chi connectivity index (χ2v) is 7.70. The maximum Gasteiger partial charge on any atom is 0.167 e. The molecule has 0 saturated heterocycles. The van der Waals surface area contributed by atoms with E-state index in [1.165, 1.54) is 32.1 Å². The van der Waals surface area contributed by atoms with Crippen molar-refractivity contribution in [1.29, 1.82) is 5.26 Å². The lowest BCUT2D eigenvalue weighted by Gasteiger charge is -2.10. The minimum Gasteiger partial charge on any atom is -0.494 e. The Hall–Kier alpha value is -3.59. The number of aromatic nitrogens is 3. The van der Waals surface area contributed by atoms with E-state index in [1.807, 2.05) is 48.5 Å². The van der Waals surface area contributed by atoms with Crippen molar-refractivity contribution >= 4 is 28.0 Å². The highest BCUT2D eigenvalue weighted by Crippen LogP contribution is 2.30. The van der Waals surface area contributed by atoms with Gasteiger partial charge in [-0.1, -0.05) is 51.2 Å². The summed E-state index contributed by atoms with van der Waals surface area (Å²) >= 11 is 0. The molecule has 158 valence electrons. The number of nitrogens with zero attached hydrogens (tertiary/aromatic N) is 4. The van der Waals surface area contributed by atoms with Crippen LogP contribution in [0.2, 0.25) is 0 Å². The first kappa shape index (κ1) is 20.7. The van der Waals surface area contributed by atoms with E-state index in [9.17, 15) is 5.26 Å². The molecule has 4 aromatic rings. The van der Waals surface area contributed by atoms with Gasteiger partial charge in [-0.15, -0.1) is 0 Å². The van der Waals surface area contributed by atoms with Crippen LogP contribution in [0.15, 0.2) is 48.5 Å². The molecular formula is C25H27N5O. The molecule has 0 spiro atoms. The summed E-state index contributed by atoms with van der Waals surface area (Å²) in [5.41, 5.74) is 10.1. The normalized spacial score (nSPS) is 11.1. The highest BCUT2D eigenvalue weighted by molar-refractivity contribution is 5.93. The van der Waals surface area contributed by atoms with Crippen LogP contribution in [0.1, 0.15) is 51.0 Å². The number of fused-ring (bicyclic) bond motifs is 2. The molecule has 0 amide bonds. The van der Waals surface area contributed by atoms with Crippen LogP contribution in [0.3, 0.4) is 0 Å². The molecule has 31 heavy (non-hydrogen) atoms. The first-order valence-corrected chi connectivity index (χ1v) is 10.9. The molecule has 0 fully saturated rings. The van der Waals surface area contributed by atoms with E-state index < -0.39 is 0 Å². The number of ether oxygens (including phenoxy) is 1. The highest BCUT2D eigenvalue weighted by atomic mass is 16.5. The summed E-state index contributed by atoms with van der Waals surface area (Å²) in [6.45, 7) is 2.95. The predicted molar refractivity (Wildman–Crippen MR) is 124 cm³/mol. The van der Waals surface area contributed by atoms with Gasteiger partial charge in [-0.2, -0.15) is 5.26 Å². The second-order valence-electron chi connectivity index (χ2n) is 7.70. The molecular weight excluding hydrogens is 386 g/mol. The van der Waals surface area contributed by atoms with Crippen LogP contribution in [0.5, 0.6) is 5.75 Å². The summed E-state index contributed by atoms with van der Waals surface area (Å²) in [6.07, 6.45) is 7.42. The monoisotopic (exact) mass is 413 g/mol. The largest absolute Gasteiger partial charge is 0.494 e. The third kappa shape index (κ3) is 4.31. The molecule has 0 aliphatic heterocycles. The minimum atomic E-state index is 0.341.